The number of hydrogen-bond donors (Lipinski definition) is 1. The van der Waals surface area contributed by atoms with Gasteiger partial charge in [-0.05, 0) is 29.7 Å². The molecule has 0 amide bonds. The van der Waals surface area contributed by atoms with E-state index >= 15 is 0 Å². The monoisotopic (exact) mass is 344 g/mol. The minimum atomic E-state index is 0.0636. The second-order valence-corrected chi connectivity index (χ2v) is 6.38. The topological polar surface area (TPSA) is 42.7 Å². The number of rotatable bonds is 2. The van der Waals surface area contributed by atoms with Crippen molar-refractivity contribution in [3.05, 3.63) is 76.0 Å². The van der Waals surface area contributed by atoms with Crippen LogP contribution in [-0.2, 0) is 0 Å². The Hall–Kier alpha value is -2.04. The standard InChI is InChI=1S/C17H14Cl2N4/c18-13-7-6-12(8-14(13)19)16-9-15(11-4-2-1-3-5-11)22-17-20-10-21-23(16)17/h1-8,10,15-16H,9H2,(H,20,21,22)/t15-,16+/m0/s1. The molecule has 116 valence electrons. The van der Waals surface area contributed by atoms with Crippen molar-refractivity contribution in [2.24, 2.45) is 0 Å². The molecule has 0 bridgehead atoms. The van der Waals surface area contributed by atoms with Crippen LogP contribution in [0.5, 0.6) is 0 Å². The van der Waals surface area contributed by atoms with Gasteiger partial charge in [0.1, 0.15) is 6.33 Å². The zero-order valence-corrected chi connectivity index (χ0v) is 13.7. The molecule has 1 aliphatic rings. The number of halogens is 2. The van der Waals surface area contributed by atoms with E-state index in [1.807, 2.05) is 41.1 Å². The van der Waals surface area contributed by atoms with Crippen molar-refractivity contribution in [2.45, 2.75) is 18.5 Å². The molecule has 0 spiro atoms. The summed E-state index contributed by atoms with van der Waals surface area (Å²) in [6.07, 6.45) is 2.43. The summed E-state index contributed by atoms with van der Waals surface area (Å²) in [4.78, 5) is 4.33. The molecule has 23 heavy (non-hydrogen) atoms. The smallest absolute Gasteiger partial charge is 0.222 e. The predicted octanol–water partition coefficient (Wildman–Crippen LogP) is 4.73. The molecule has 4 nitrogen and oxygen atoms in total. The van der Waals surface area contributed by atoms with Crippen LogP contribution in [0.2, 0.25) is 10.0 Å². The lowest BCUT2D eigenvalue weighted by atomic mass is 9.93. The molecule has 2 atom stereocenters. The largest absolute Gasteiger partial charge is 0.348 e. The van der Waals surface area contributed by atoms with Gasteiger partial charge in [-0.25, -0.2) is 4.68 Å². The van der Waals surface area contributed by atoms with Gasteiger partial charge in [-0.15, -0.1) is 0 Å². The molecule has 0 fully saturated rings. The third kappa shape index (κ3) is 2.69. The molecule has 0 saturated heterocycles. The van der Waals surface area contributed by atoms with Gasteiger partial charge in [-0.3, -0.25) is 0 Å². The fourth-order valence-corrected chi connectivity index (χ4v) is 3.33. The summed E-state index contributed by atoms with van der Waals surface area (Å²) < 4.78 is 1.90. The van der Waals surface area contributed by atoms with Crippen LogP contribution in [0.3, 0.4) is 0 Å². The number of nitrogens with zero attached hydrogens (tertiary/aromatic N) is 3. The highest BCUT2D eigenvalue weighted by Gasteiger charge is 2.30. The lowest BCUT2D eigenvalue weighted by molar-refractivity contribution is 0.431. The van der Waals surface area contributed by atoms with Crippen LogP contribution in [0.4, 0.5) is 5.95 Å². The van der Waals surface area contributed by atoms with Gasteiger partial charge in [0, 0.05) is 0 Å². The van der Waals surface area contributed by atoms with E-state index in [9.17, 15) is 0 Å². The Bertz CT molecular complexity index is 832. The molecule has 2 aromatic carbocycles. The minimum Gasteiger partial charge on any atom is -0.348 e. The van der Waals surface area contributed by atoms with Crippen LogP contribution >= 0.6 is 23.2 Å². The molecule has 1 N–H and O–H groups in total. The molecule has 0 radical (unpaired) electrons. The van der Waals surface area contributed by atoms with E-state index in [1.165, 1.54) is 5.56 Å². The highest BCUT2D eigenvalue weighted by Crippen LogP contribution is 2.38. The molecular weight excluding hydrogens is 331 g/mol. The van der Waals surface area contributed by atoms with E-state index < -0.39 is 0 Å². The molecule has 0 unspecified atom stereocenters. The first-order valence-corrected chi connectivity index (χ1v) is 8.14. The van der Waals surface area contributed by atoms with Crippen LogP contribution in [0.1, 0.15) is 29.6 Å². The van der Waals surface area contributed by atoms with Gasteiger partial charge in [0.15, 0.2) is 0 Å². The minimum absolute atomic E-state index is 0.0636. The number of anilines is 1. The normalized spacial score (nSPS) is 19.9. The summed E-state index contributed by atoms with van der Waals surface area (Å²) in [5.41, 5.74) is 2.31. The van der Waals surface area contributed by atoms with Crippen molar-refractivity contribution in [3.8, 4) is 0 Å². The Morgan fingerprint density at radius 1 is 1.00 bits per heavy atom. The van der Waals surface area contributed by atoms with Crippen molar-refractivity contribution in [2.75, 3.05) is 5.32 Å². The third-order valence-electron chi connectivity index (χ3n) is 4.16. The molecule has 3 aromatic rings. The van der Waals surface area contributed by atoms with E-state index in [0.29, 0.717) is 10.0 Å². The zero-order valence-electron chi connectivity index (χ0n) is 12.2. The van der Waals surface area contributed by atoms with Crippen LogP contribution in [-0.4, -0.2) is 14.8 Å². The molecule has 0 aliphatic carbocycles. The fourth-order valence-electron chi connectivity index (χ4n) is 3.02. The lowest BCUT2D eigenvalue weighted by Crippen LogP contribution is -2.28. The van der Waals surface area contributed by atoms with E-state index in [4.69, 9.17) is 23.2 Å². The summed E-state index contributed by atoms with van der Waals surface area (Å²) >= 11 is 12.2. The number of benzene rings is 2. The quantitative estimate of drug-likeness (QED) is 0.730. The van der Waals surface area contributed by atoms with Crippen LogP contribution in [0, 0.1) is 0 Å². The average Bonchev–Trinajstić information content (AvgIpc) is 3.06. The van der Waals surface area contributed by atoms with Crippen LogP contribution in [0.15, 0.2) is 54.9 Å². The molecule has 0 saturated carbocycles. The zero-order chi connectivity index (χ0) is 15.8. The van der Waals surface area contributed by atoms with Gasteiger partial charge in [-0.2, -0.15) is 10.1 Å². The number of nitrogens with one attached hydrogen (secondary N) is 1. The first-order chi connectivity index (χ1) is 11.2. The SMILES string of the molecule is Clc1ccc([C@H]2C[C@@H](c3ccccc3)Nc3ncnn32)cc1Cl. The summed E-state index contributed by atoms with van der Waals surface area (Å²) in [6, 6.07) is 16.3. The maximum atomic E-state index is 6.19. The van der Waals surface area contributed by atoms with Gasteiger partial charge in [0.05, 0.1) is 22.1 Å². The van der Waals surface area contributed by atoms with Gasteiger partial charge in [0.25, 0.3) is 0 Å². The van der Waals surface area contributed by atoms with E-state index in [2.05, 4.69) is 27.5 Å². The summed E-state index contributed by atoms with van der Waals surface area (Å²) in [6.45, 7) is 0. The van der Waals surface area contributed by atoms with E-state index in [0.717, 1.165) is 17.9 Å². The number of fused-ring (bicyclic) bond motifs is 1. The van der Waals surface area contributed by atoms with Crippen molar-refractivity contribution < 1.29 is 0 Å². The first-order valence-electron chi connectivity index (χ1n) is 7.38. The average molecular weight is 345 g/mol. The Balaban J connectivity index is 1.75. The van der Waals surface area contributed by atoms with Gasteiger partial charge in [0.2, 0.25) is 5.95 Å². The van der Waals surface area contributed by atoms with Crippen LogP contribution in [0.25, 0.3) is 0 Å². The van der Waals surface area contributed by atoms with Crippen LogP contribution < -0.4 is 5.32 Å². The van der Waals surface area contributed by atoms with Gasteiger partial charge >= 0.3 is 0 Å². The Morgan fingerprint density at radius 2 is 1.83 bits per heavy atom. The molecule has 2 heterocycles. The second-order valence-electron chi connectivity index (χ2n) is 5.56. The lowest BCUT2D eigenvalue weighted by Gasteiger charge is -2.32. The number of hydrogen-bond acceptors (Lipinski definition) is 3. The molecule has 6 heteroatoms. The fraction of sp³-hybridized carbons (Fsp3) is 0.176. The Morgan fingerprint density at radius 3 is 2.61 bits per heavy atom. The van der Waals surface area contributed by atoms with Crippen molar-refractivity contribution in [1.82, 2.24) is 14.8 Å². The van der Waals surface area contributed by atoms with E-state index in [1.54, 1.807) is 6.33 Å². The van der Waals surface area contributed by atoms with Gasteiger partial charge in [-0.1, -0.05) is 59.6 Å². The first kappa shape index (κ1) is 14.5. The maximum absolute atomic E-state index is 6.19. The molecular formula is C17H14Cl2N4. The summed E-state index contributed by atoms with van der Waals surface area (Å²) in [5.74, 6) is 0.765. The predicted molar refractivity (Wildman–Crippen MR) is 92.0 cm³/mol. The molecule has 1 aliphatic heterocycles. The molecule has 4 rings (SSSR count). The summed E-state index contributed by atoms with van der Waals surface area (Å²) in [7, 11) is 0. The van der Waals surface area contributed by atoms with Gasteiger partial charge < -0.3 is 5.32 Å². The Labute approximate surface area is 144 Å². The molecule has 1 aromatic heterocycles. The summed E-state index contributed by atoms with van der Waals surface area (Å²) in [5, 5.41) is 8.93. The van der Waals surface area contributed by atoms with E-state index in [-0.39, 0.29) is 12.1 Å². The highest BCUT2D eigenvalue weighted by molar-refractivity contribution is 6.42. The highest BCUT2D eigenvalue weighted by atomic mass is 35.5. The third-order valence-corrected chi connectivity index (χ3v) is 4.90. The van der Waals surface area contributed by atoms with Crippen molar-refractivity contribution >= 4 is 29.2 Å². The van der Waals surface area contributed by atoms with Crippen molar-refractivity contribution in [3.63, 3.8) is 0 Å². The van der Waals surface area contributed by atoms with Crippen molar-refractivity contribution in [1.29, 1.82) is 0 Å². The maximum Gasteiger partial charge on any atom is 0.222 e. The second kappa shape index (κ2) is 5.87. The number of aromatic nitrogens is 3. The Kier molecular flexibility index (Phi) is 3.71.